The van der Waals surface area contributed by atoms with Crippen molar-refractivity contribution >= 4 is 40.7 Å². The Bertz CT molecular complexity index is 855. The molecule has 24 heavy (non-hydrogen) atoms. The second-order valence-corrected chi connectivity index (χ2v) is 5.52. The first kappa shape index (κ1) is 18.0. The third-order valence-corrected chi connectivity index (χ3v) is 3.32. The van der Waals surface area contributed by atoms with Crippen LogP contribution < -0.4 is 5.73 Å². The molecule has 126 valence electrons. The molecule has 0 radical (unpaired) electrons. The molecule has 0 fully saturated rings. The van der Waals surface area contributed by atoms with E-state index < -0.39 is 28.3 Å². The number of hydrogen-bond acceptors (Lipinski definition) is 6. The van der Waals surface area contributed by atoms with Crippen LogP contribution in [0, 0.1) is 11.6 Å². The van der Waals surface area contributed by atoms with Crippen molar-refractivity contribution in [2.45, 2.75) is 13.8 Å². The lowest BCUT2D eigenvalue weighted by molar-refractivity contribution is 0.0509. The van der Waals surface area contributed by atoms with Gasteiger partial charge in [0.1, 0.15) is 10.8 Å². The van der Waals surface area contributed by atoms with Gasteiger partial charge in [0.15, 0.2) is 23.2 Å². The topological polar surface area (TPSA) is 90.5 Å². The molecular weight excluding hydrogens is 365 g/mol. The fraction of sp³-hybridized carbons (Fsp3) is 0.143. The number of benzene rings is 1. The number of rotatable bonds is 3. The molecule has 1 aromatic carbocycles. The first-order chi connectivity index (χ1) is 11.2. The van der Waals surface area contributed by atoms with Crippen LogP contribution in [0.1, 0.15) is 24.3 Å². The molecule has 0 atom stereocenters. The van der Waals surface area contributed by atoms with E-state index in [-0.39, 0.29) is 22.2 Å². The molecule has 6 nitrogen and oxygen atoms in total. The Labute approximate surface area is 145 Å². The van der Waals surface area contributed by atoms with Crippen molar-refractivity contribution in [3.63, 3.8) is 0 Å². The number of aromatic nitrogens is 2. The van der Waals surface area contributed by atoms with Crippen LogP contribution in [0.2, 0.25) is 10.0 Å². The van der Waals surface area contributed by atoms with E-state index >= 15 is 0 Å². The summed E-state index contributed by atoms with van der Waals surface area (Å²) in [5.41, 5.74) is 5.29. The third kappa shape index (κ3) is 3.60. The molecular formula is C14H10Cl2F2N4O2. The summed E-state index contributed by atoms with van der Waals surface area (Å²) in [6, 6.07) is 2.26. The van der Waals surface area contributed by atoms with Gasteiger partial charge in [-0.05, 0) is 26.0 Å². The Morgan fingerprint density at radius 3 is 2.50 bits per heavy atom. The minimum Gasteiger partial charge on any atom is -0.382 e. The summed E-state index contributed by atoms with van der Waals surface area (Å²) < 4.78 is 27.6. The lowest BCUT2D eigenvalue weighted by Crippen LogP contribution is -2.11. The van der Waals surface area contributed by atoms with Gasteiger partial charge < -0.3 is 10.6 Å². The molecule has 0 aliphatic heterocycles. The van der Waals surface area contributed by atoms with Gasteiger partial charge in [-0.1, -0.05) is 28.4 Å². The summed E-state index contributed by atoms with van der Waals surface area (Å²) >= 11 is 11.4. The van der Waals surface area contributed by atoms with Crippen LogP contribution in [0.25, 0.3) is 11.4 Å². The number of nitrogen functional groups attached to an aromatic ring is 1. The van der Waals surface area contributed by atoms with Crippen molar-refractivity contribution < 1.29 is 18.4 Å². The highest BCUT2D eigenvalue weighted by atomic mass is 35.5. The average molecular weight is 375 g/mol. The van der Waals surface area contributed by atoms with Crippen molar-refractivity contribution in [1.82, 2.24) is 9.97 Å². The summed E-state index contributed by atoms with van der Waals surface area (Å²) in [5, 5.41) is 2.77. The number of nitrogens with zero attached hydrogens (tertiary/aromatic N) is 3. The molecule has 0 spiro atoms. The summed E-state index contributed by atoms with van der Waals surface area (Å²) in [6.07, 6.45) is 0. The molecule has 2 aromatic rings. The minimum atomic E-state index is -1.29. The zero-order chi connectivity index (χ0) is 18.0. The largest absolute Gasteiger partial charge is 0.385 e. The van der Waals surface area contributed by atoms with E-state index in [0.717, 1.165) is 12.1 Å². The fourth-order valence-electron chi connectivity index (χ4n) is 1.59. The van der Waals surface area contributed by atoms with E-state index in [1.165, 1.54) is 0 Å². The Balaban J connectivity index is 2.57. The first-order valence-electron chi connectivity index (χ1n) is 6.41. The molecule has 2 N–H and O–H groups in total. The molecule has 0 saturated heterocycles. The maximum Gasteiger partial charge on any atom is 0.385 e. The van der Waals surface area contributed by atoms with Gasteiger partial charge in [0, 0.05) is 0 Å². The Kier molecular flexibility index (Phi) is 5.30. The molecule has 0 aliphatic carbocycles. The van der Waals surface area contributed by atoms with Gasteiger partial charge in [0.2, 0.25) is 0 Å². The molecule has 2 rings (SSSR count). The van der Waals surface area contributed by atoms with Gasteiger partial charge in [-0.15, -0.1) is 0 Å². The lowest BCUT2D eigenvalue weighted by atomic mass is 10.2. The third-order valence-electron chi connectivity index (χ3n) is 2.66. The smallest absolute Gasteiger partial charge is 0.382 e. The Morgan fingerprint density at radius 2 is 1.88 bits per heavy atom. The molecule has 0 unspecified atom stereocenters. The maximum atomic E-state index is 14.0. The van der Waals surface area contributed by atoms with E-state index in [1.807, 2.05) is 0 Å². The molecule has 0 aliphatic rings. The number of nitrogens with two attached hydrogens (primary N) is 1. The summed E-state index contributed by atoms with van der Waals surface area (Å²) in [5.74, 6) is -4.24. The SMILES string of the molecule is CC(C)=NOC(=O)c1nc(-c2ccc(Cl)c(F)c2F)nc(N)c1Cl. The predicted octanol–water partition coefficient (Wildman–Crippen LogP) is 3.86. The molecule has 0 saturated carbocycles. The van der Waals surface area contributed by atoms with Gasteiger partial charge in [-0.3, -0.25) is 0 Å². The van der Waals surface area contributed by atoms with Crippen LogP contribution >= 0.6 is 23.2 Å². The van der Waals surface area contributed by atoms with Gasteiger partial charge in [0.25, 0.3) is 0 Å². The molecule has 0 bridgehead atoms. The van der Waals surface area contributed by atoms with Gasteiger partial charge in [0.05, 0.1) is 16.3 Å². The normalized spacial score (nSPS) is 10.4. The van der Waals surface area contributed by atoms with Crippen LogP contribution in [0.15, 0.2) is 17.3 Å². The van der Waals surface area contributed by atoms with Crippen molar-refractivity contribution in [2.75, 3.05) is 5.73 Å². The van der Waals surface area contributed by atoms with E-state index in [0.29, 0.717) is 5.71 Å². The van der Waals surface area contributed by atoms with Crippen molar-refractivity contribution in [3.8, 4) is 11.4 Å². The van der Waals surface area contributed by atoms with Crippen molar-refractivity contribution in [3.05, 3.63) is 39.5 Å². The molecule has 10 heteroatoms. The van der Waals surface area contributed by atoms with E-state index in [4.69, 9.17) is 28.9 Å². The Hall–Kier alpha value is -2.32. The lowest BCUT2D eigenvalue weighted by Gasteiger charge is -2.08. The van der Waals surface area contributed by atoms with Gasteiger partial charge in [-0.25, -0.2) is 23.5 Å². The van der Waals surface area contributed by atoms with E-state index in [1.54, 1.807) is 13.8 Å². The minimum absolute atomic E-state index is 0.289. The number of oxime groups is 1. The molecule has 1 aromatic heterocycles. The molecule has 1 heterocycles. The second-order valence-electron chi connectivity index (χ2n) is 4.74. The number of carbonyl (C=O) groups excluding carboxylic acids is 1. The summed E-state index contributed by atoms with van der Waals surface area (Å²) in [4.78, 5) is 24.1. The monoisotopic (exact) mass is 374 g/mol. The maximum absolute atomic E-state index is 14.0. The van der Waals surface area contributed by atoms with Crippen molar-refractivity contribution in [2.24, 2.45) is 5.16 Å². The van der Waals surface area contributed by atoms with E-state index in [9.17, 15) is 13.6 Å². The summed E-state index contributed by atoms with van der Waals surface area (Å²) in [6.45, 7) is 3.20. The zero-order valence-electron chi connectivity index (χ0n) is 12.4. The number of carbonyl (C=O) groups is 1. The van der Waals surface area contributed by atoms with Crippen molar-refractivity contribution in [1.29, 1.82) is 0 Å². The van der Waals surface area contributed by atoms with E-state index in [2.05, 4.69) is 20.0 Å². The Morgan fingerprint density at radius 1 is 1.21 bits per heavy atom. The van der Waals surface area contributed by atoms with Crippen LogP contribution in [0.3, 0.4) is 0 Å². The van der Waals surface area contributed by atoms with Crippen LogP contribution in [-0.2, 0) is 4.84 Å². The number of hydrogen-bond donors (Lipinski definition) is 1. The van der Waals surface area contributed by atoms with Gasteiger partial charge >= 0.3 is 5.97 Å². The van der Waals surface area contributed by atoms with Crippen LogP contribution in [0.5, 0.6) is 0 Å². The second kappa shape index (κ2) is 7.06. The highest BCUT2D eigenvalue weighted by Gasteiger charge is 2.23. The first-order valence-corrected chi connectivity index (χ1v) is 7.17. The van der Waals surface area contributed by atoms with Gasteiger partial charge in [-0.2, -0.15) is 0 Å². The highest BCUT2D eigenvalue weighted by Crippen LogP contribution is 2.29. The quantitative estimate of drug-likeness (QED) is 0.381. The highest BCUT2D eigenvalue weighted by molar-refractivity contribution is 6.35. The average Bonchev–Trinajstić information content (AvgIpc) is 2.53. The summed E-state index contributed by atoms with van der Waals surface area (Å²) in [7, 11) is 0. The molecule has 0 amide bonds. The number of halogens is 4. The zero-order valence-corrected chi connectivity index (χ0v) is 13.9. The standard InChI is InChI=1S/C14H10Cl2F2N4O2/c1-5(2)22-24-14(23)11-8(16)12(19)21-13(20-11)6-3-4-7(15)10(18)9(6)17/h3-4H,1-2H3,(H2,19,20,21). The predicted molar refractivity (Wildman–Crippen MR) is 86.0 cm³/mol. The van der Waals surface area contributed by atoms with Crippen LogP contribution in [-0.4, -0.2) is 21.6 Å². The number of anilines is 1. The fourth-order valence-corrected chi connectivity index (χ4v) is 1.90. The van der Waals surface area contributed by atoms with Crippen LogP contribution in [0.4, 0.5) is 14.6 Å².